The first-order valence-electron chi connectivity index (χ1n) is 7.20. The van der Waals surface area contributed by atoms with Crippen LogP contribution in [0.4, 0.5) is 0 Å². The monoisotopic (exact) mass is 313 g/mol. The minimum absolute atomic E-state index is 0.270. The molecule has 0 spiro atoms. The Labute approximate surface area is 134 Å². The van der Waals surface area contributed by atoms with Crippen LogP contribution in [-0.4, -0.2) is 27.0 Å². The number of hydrogen-bond donors (Lipinski definition) is 2. The molecule has 1 aromatic heterocycles. The maximum absolute atomic E-state index is 12.4. The predicted molar refractivity (Wildman–Crippen MR) is 85.3 cm³/mol. The third kappa shape index (κ3) is 3.91. The summed E-state index contributed by atoms with van der Waals surface area (Å²) in [6.45, 7) is 7.19. The summed E-state index contributed by atoms with van der Waals surface area (Å²) in [5.74, 6) is -1.06. The maximum Gasteiger partial charge on any atom is 0.330 e. The van der Waals surface area contributed by atoms with Gasteiger partial charge in [0, 0.05) is 6.20 Å². The van der Waals surface area contributed by atoms with Gasteiger partial charge in [-0.05, 0) is 33.3 Å². The van der Waals surface area contributed by atoms with Crippen molar-refractivity contribution in [2.75, 3.05) is 0 Å². The fourth-order valence-electron chi connectivity index (χ4n) is 2.48. The Morgan fingerprint density at radius 3 is 2.22 bits per heavy atom. The number of carbonyl (C=O) groups excluding carboxylic acids is 1. The number of rotatable bonds is 4. The van der Waals surface area contributed by atoms with Gasteiger partial charge in [-0.15, -0.1) is 0 Å². The molecule has 120 valence electrons. The highest BCUT2D eigenvalue weighted by atomic mass is 16.4. The Bertz CT molecular complexity index is 751. The van der Waals surface area contributed by atoms with E-state index in [1.165, 1.54) is 6.20 Å². The van der Waals surface area contributed by atoms with Crippen LogP contribution in [0.5, 0.6) is 0 Å². The number of aliphatic carboxylic acids is 1. The van der Waals surface area contributed by atoms with Gasteiger partial charge in [0.2, 0.25) is 0 Å². The minimum atomic E-state index is -1.12. The number of amides is 1. The fraction of sp³-hybridized carbons (Fsp3) is 0.294. The summed E-state index contributed by atoms with van der Waals surface area (Å²) in [5.41, 5.74) is 3.20. The Kier molecular flexibility index (Phi) is 4.74. The van der Waals surface area contributed by atoms with Crippen molar-refractivity contribution >= 4 is 11.9 Å². The third-order valence-corrected chi connectivity index (χ3v) is 3.44. The van der Waals surface area contributed by atoms with E-state index in [0.717, 1.165) is 11.1 Å². The lowest BCUT2D eigenvalue weighted by Gasteiger charge is -2.17. The van der Waals surface area contributed by atoms with Crippen molar-refractivity contribution in [2.45, 2.75) is 33.7 Å². The quantitative estimate of drug-likeness (QED) is 0.903. The summed E-state index contributed by atoms with van der Waals surface area (Å²) in [6, 6.07) is 4.33. The number of carboxylic acid groups (broad SMARTS) is 1. The normalized spacial score (nSPS) is 11.8. The summed E-state index contributed by atoms with van der Waals surface area (Å²) >= 11 is 0. The van der Waals surface area contributed by atoms with E-state index in [9.17, 15) is 14.7 Å². The molecule has 0 aliphatic rings. The van der Waals surface area contributed by atoms with Gasteiger partial charge in [-0.2, -0.15) is 0 Å². The highest BCUT2D eigenvalue weighted by Crippen LogP contribution is 2.18. The number of carboxylic acids is 1. The van der Waals surface area contributed by atoms with Gasteiger partial charge < -0.3 is 10.4 Å². The maximum atomic E-state index is 12.4. The number of hydrogen-bond acceptors (Lipinski definition) is 4. The van der Waals surface area contributed by atoms with Crippen LogP contribution in [0.15, 0.2) is 24.4 Å². The topological polar surface area (TPSA) is 92.2 Å². The molecule has 0 bridgehead atoms. The number of nitrogens with one attached hydrogen (secondary N) is 1. The van der Waals surface area contributed by atoms with Crippen molar-refractivity contribution in [3.8, 4) is 0 Å². The number of aromatic nitrogens is 2. The van der Waals surface area contributed by atoms with Crippen LogP contribution >= 0.6 is 0 Å². The van der Waals surface area contributed by atoms with Gasteiger partial charge in [-0.1, -0.05) is 29.3 Å². The number of carbonyl (C=O) groups is 2. The molecule has 23 heavy (non-hydrogen) atoms. The molecule has 0 fully saturated rings. The van der Waals surface area contributed by atoms with Gasteiger partial charge in [0.25, 0.3) is 5.91 Å². The van der Waals surface area contributed by atoms with Crippen molar-refractivity contribution in [1.29, 1.82) is 0 Å². The summed E-state index contributed by atoms with van der Waals surface area (Å²) in [6.07, 6.45) is 1.41. The molecular formula is C17H19N3O3. The summed E-state index contributed by atoms with van der Waals surface area (Å²) < 4.78 is 0. The molecule has 2 rings (SSSR count). The summed E-state index contributed by atoms with van der Waals surface area (Å²) in [4.78, 5) is 32.1. The average molecular weight is 313 g/mol. The Balaban J connectivity index is 2.32. The smallest absolute Gasteiger partial charge is 0.330 e. The predicted octanol–water partition coefficient (Wildman–Crippen LogP) is 2.27. The fourth-order valence-corrected chi connectivity index (χ4v) is 2.48. The Morgan fingerprint density at radius 2 is 1.70 bits per heavy atom. The highest BCUT2D eigenvalue weighted by molar-refractivity contribution is 5.97. The molecule has 1 atom stereocenters. The second-order valence-corrected chi connectivity index (χ2v) is 5.58. The number of aryl methyl sites for hydroxylation is 4. The van der Waals surface area contributed by atoms with Crippen LogP contribution in [0.1, 0.15) is 44.6 Å². The van der Waals surface area contributed by atoms with Crippen molar-refractivity contribution in [1.82, 2.24) is 15.3 Å². The third-order valence-electron chi connectivity index (χ3n) is 3.44. The van der Waals surface area contributed by atoms with Crippen LogP contribution in [0, 0.1) is 27.7 Å². The lowest BCUT2D eigenvalue weighted by molar-refractivity contribution is -0.139. The SMILES string of the molecule is Cc1cc(C)cc(C(NC(=O)c2cnc(C)nc2C)C(=O)O)c1. The van der Waals surface area contributed by atoms with Gasteiger partial charge >= 0.3 is 5.97 Å². The van der Waals surface area contributed by atoms with Crippen molar-refractivity contribution < 1.29 is 14.7 Å². The van der Waals surface area contributed by atoms with Crippen LogP contribution in [0.25, 0.3) is 0 Å². The molecule has 1 heterocycles. The molecule has 0 aliphatic carbocycles. The van der Waals surface area contributed by atoms with Crippen LogP contribution in [-0.2, 0) is 4.79 Å². The molecule has 0 saturated heterocycles. The Hall–Kier alpha value is -2.76. The summed E-state index contributed by atoms with van der Waals surface area (Å²) in [7, 11) is 0. The average Bonchev–Trinajstić information content (AvgIpc) is 2.42. The molecule has 0 saturated carbocycles. The molecular weight excluding hydrogens is 294 g/mol. The zero-order valence-corrected chi connectivity index (χ0v) is 13.5. The van der Waals surface area contributed by atoms with E-state index >= 15 is 0 Å². The second kappa shape index (κ2) is 6.56. The van der Waals surface area contributed by atoms with E-state index in [2.05, 4.69) is 15.3 Å². The molecule has 2 N–H and O–H groups in total. The van der Waals surface area contributed by atoms with Gasteiger partial charge in [-0.25, -0.2) is 14.8 Å². The largest absolute Gasteiger partial charge is 0.479 e. The molecule has 6 nitrogen and oxygen atoms in total. The first-order valence-corrected chi connectivity index (χ1v) is 7.20. The molecule has 0 aliphatic heterocycles. The van der Waals surface area contributed by atoms with Crippen LogP contribution < -0.4 is 5.32 Å². The van der Waals surface area contributed by atoms with Crippen molar-refractivity contribution in [2.24, 2.45) is 0 Å². The first-order chi connectivity index (χ1) is 10.8. The zero-order valence-electron chi connectivity index (χ0n) is 13.5. The highest BCUT2D eigenvalue weighted by Gasteiger charge is 2.24. The lowest BCUT2D eigenvalue weighted by atomic mass is 10.0. The van der Waals surface area contributed by atoms with Crippen LogP contribution in [0.3, 0.4) is 0 Å². The van der Waals surface area contributed by atoms with E-state index in [-0.39, 0.29) is 5.56 Å². The molecule has 2 aromatic rings. The van der Waals surface area contributed by atoms with Gasteiger partial charge in [0.1, 0.15) is 5.82 Å². The molecule has 0 radical (unpaired) electrons. The van der Waals surface area contributed by atoms with Gasteiger partial charge in [-0.3, -0.25) is 4.79 Å². The first kappa shape index (κ1) is 16.6. The van der Waals surface area contributed by atoms with E-state index in [1.807, 2.05) is 19.9 Å². The molecule has 1 amide bonds. The lowest BCUT2D eigenvalue weighted by Crippen LogP contribution is -2.34. The Morgan fingerprint density at radius 1 is 1.09 bits per heavy atom. The molecule has 1 unspecified atom stereocenters. The van der Waals surface area contributed by atoms with E-state index in [1.54, 1.807) is 26.0 Å². The molecule has 1 aromatic carbocycles. The second-order valence-electron chi connectivity index (χ2n) is 5.58. The van der Waals surface area contributed by atoms with Crippen molar-refractivity contribution in [3.63, 3.8) is 0 Å². The zero-order chi connectivity index (χ0) is 17.1. The standard InChI is InChI=1S/C17H19N3O3/c1-9-5-10(2)7-13(6-9)15(17(22)23)20-16(21)14-8-18-12(4)19-11(14)3/h5-8,15H,1-4H3,(H,20,21)(H,22,23). The number of benzene rings is 1. The number of nitrogens with zero attached hydrogens (tertiary/aromatic N) is 2. The minimum Gasteiger partial charge on any atom is -0.479 e. The van der Waals surface area contributed by atoms with E-state index in [0.29, 0.717) is 17.1 Å². The van der Waals surface area contributed by atoms with Gasteiger partial charge in [0.05, 0.1) is 11.3 Å². The van der Waals surface area contributed by atoms with Crippen LogP contribution in [0.2, 0.25) is 0 Å². The van der Waals surface area contributed by atoms with Crippen molar-refractivity contribution in [3.05, 3.63) is 58.2 Å². The molecule has 6 heteroatoms. The summed E-state index contributed by atoms with van der Waals surface area (Å²) in [5, 5.41) is 12.0. The van der Waals surface area contributed by atoms with E-state index in [4.69, 9.17) is 0 Å². The van der Waals surface area contributed by atoms with E-state index < -0.39 is 17.9 Å². The van der Waals surface area contributed by atoms with Gasteiger partial charge in [0.15, 0.2) is 6.04 Å².